The maximum absolute atomic E-state index is 13.9. The van der Waals surface area contributed by atoms with Crippen molar-refractivity contribution in [2.45, 2.75) is 25.4 Å². The standard InChI is InChI=1S/C19H19FN2O3/c20-17-4-2-1-3-14(17)11-22(15-7-8-15)19(24)13-5-9-16(10-6-13)25-12-18(21)23/h1-6,9-10,15H,7-8,11-12H2,(H2,21,23). The van der Waals surface area contributed by atoms with E-state index in [9.17, 15) is 14.0 Å². The number of halogens is 1. The van der Waals surface area contributed by atoms with Gasteiger partial charge in [-0.2, -0.15) is 0 Å². The Morgan fingerprint density at radius 1 is 1.12 bits per heavy atom. The number of rotatable bonds is 7. The van der Waals surface area contributed by atoms with Crippen LogP contribution in [0.1, 0.15) is 28.8 Å². The largest absolute Gasteiger partial charge is 0.484 e. The van der Waals surface area contributed by atoms with Crippen molar-refractivity contribution in [1.29, 1.82) is 0 Å². The first-order chi connectivity index (χ1) is 12.0. The van der Waals surface area contributed by atoms with Gasteiger partial charge in [-0.3, -0.25) is 9.59 Å². The molecule has 2 N–H and O–H groups in total. The maximum Gasteiger partial charge on any atom is 0.255 e. The molecule has 0 radical (unpaired) electrons. The lowest BCUT2D eigenvalue weighted by Gasteiger charge is -2.23. The molecule has 2 aromatic rings. The van der Waals surface area contributed by atoms with Crippen LogP contribution < -0.4 is 10.5 Å². The lowest BCUT2D eigenvalue weighted by molar-refractivity contribution is -0.119. The second-order valence-electron chi connectivity index (χ2n) is 6.04. The Balaban J connectivity index is 1.72. The Morgan fingerprint density at radius 3 is 2.40 bits per heavy atom. The molecule has 1 aliphatic carbocycles. The predicted molar refractivity (Wildman–Crippen MR) is 90.4 cm³/mol. The average molecular weight is 342 g/mol. The summed E-state index contributed by atoms with van der Waals surface area (Å²) in [6.07, 6.45) is 1.86. The van der Waals surface area contributed by atoms with Gasteiger partial charge < -0.3 is 15.4 Å². The summed E-state index contributed by atoms with van der Waals surface area (Å²) in [6, 6.07) is 13.1. The van der Waals surface area contributed by atoms with Gasteiger partial charge in [0.15, 0.2) is 6.61 Å². The molecule has 25 heavy (non-hydrogen) atoms. The number of nitrogens with two attached hydrogens (primary N) is 1. The Kier molecular flexibility index (Phi) is 4.97. The van der Waals surface area contributed by atoms with Gasteiger partial charge in [-0.05, 0) is 43.2 Å². The first kappa shape index (κ1) is 17.0. The van der Waals surface area contributed by atoms with Crippen molar-refractivity contribution in [2.24, 2.45) is 5.73 Å². The van der Waals surface area contributed by atoms with Crippen LogP contribution in [0.2, 0.25) is 0 Å². The monoisotopic (exact) mass is 342 g/mol. The fourth-order valence-corrected chi connectivity index (χ4v) is 2.58. The van der Waals surface area contributed by atoms with E-state index in [-0.39, 0.29) is 30.9 Å². The number of nitrogens with zero attached hydrogens (tertiary/aromatic N) is 1. The van der Waals surface area contributed by atoms with E-state index >= 15 is 0 Å². The number of carbonyl (C=O) groups excluding carboxylic acids is 2. The topological polar surface area (TPSA) is 72.6 Å². The highest BCUT2D eigenvalue weighted by molar-refractivity contribution is 5.94. The molecule has 0 aromatic heterocycles. The van der Waals surface area contributed by atoms with Crippen molar-refractivity contribution >= 4 is 11.8 Å². The molecule has 0 aliphatic heterocycles. The smallest absolute Gasteiger partial charge is 0.255 e. The van der Waals surface area contributed by atoms with Crippen LogP contribution in [0.25, 0.3) is 0 Å². The van der Waals surface area contributed by atoms with Gasteiger partial charge in [0.25, 0.3) is 11.8 Å². The molecule has 6 heteroatoms. The summed E-state index contributed by atoms with van der Waals surface area (Å²) in [5, 5.41) is 0. The van der Waals surface area contributed by atoms with E-state index < -0.39 is 5.91 Å². The summed E-state index contributed by atoms with van der Waals surface area (Å²) in [5.41, 5.74) is 6.03. The zero-order valence-corrected chi connectivity index (χ0v) is 13.7. The third-order valence-electron chi connectivity index (χ3n) is 4.03. The minimum absolute atomic E-state index is 0.146. The van der Waals surface area contributed by atoms with Gasteiger partial charge in [0.2, 0.25) is 0 Å². The van der Waals surface area contributed by atoms with Crippen LogP contribution in [0.4, 0.5) is 4.39 Å². The highest BCUT2D eigenvalue weighted by Gasteiger charge is 2.33. The van der Waals surface area contributed by atoms with Crippen molar-refractivity contribution in [3.63, 3.8) is 0 Å². The summed E-state index contributed by atoms with van der Waals surface area (Å²) < 4.78 is 19.1. The van der Waals surface area contributed by atoms with Crippen molar-refractivity contribution in [2.75, 3.05) is 6.61 Å². The minimum Gasteiger partial charge on any atom is -0.484 e. The van der Waals surface area contributed by atoms with Gasteiger partial charge in [-0.25, -0.2) is 4.39 Å². The van der Waals surface area contributed by atoms with Crippen molar-refractivity contribution in [3.05, 3.63) is 65.5 Å². The molecule has 1 fully saturated rings. The number of amides is 2. The number of primary amides is 1. The lowest BCUT2D eigenvalue weighted by Crippen LogP contribution is -2.32. The predicted octanol–water partition coefficient (Wildman–Crippen LogP) is 2.49. The fraction of sp³-hybridized carbons (Fsp3) is 0.263. The van der Waals surface area contributed by atoms with E-state index in [1.54, 1.807) is 47.4 Å². The molecule has 2 aromatic carbocycles. The lowest BCUT2D eigenvalue weighted by atomic mass is 10.1. The second kappa shape index (κ2) is 7.34. The van der Waals surface area contributed by atoms with E-state index in [1.807, 2.05) is 0 Å². The number of hydrogen-bond donors (Lipinski definition) is 1. The molecule has 0 unspecified atom stereocenters. The molecule has 0 saturated heterocycles. The second-order valence-corrected chi connectivity index (χ2v) is 6.04. The highest BCUT2D eigenvalue weighted by atomic mass is 19.1. The number of hydrogen-bond acceptors (Lipinski definition) is 3. The molecular weight excluding hydrogens is 323 g/mol. The highest BCUT2D eigenvalue weighted by Crippen LogP contribution is 2.30. The van der Waals surface area contributed by atoms with E-state index in [0.717, 1.165) is 12.8 Å². The van der Waals surface area contributed by atoms with Crippen molar-refractivity contribution < 1.29 is 18.7 Å². The Hall–Kier alpha value is -2.89. The van der Waals surface area contributed by atoms with Crippen molar-refractivity contribution in [3.8, 4) is 5.75 Å². The number of benzene rings is 2. The molecule has 0 spiro atoms. The zero-order chi connectivity index (χ0) is 17.8. The molecule has 3 rings (SSSR count). The molecule has 1 saturated carbocycles. The summed E-state index contributed by atoms with van der Waals surface area (Å²) >= 11 is 0. The Labute approximate surface area is 145 Å². The summed E-state index contributed by atoms with van der Waals surface area (Å²) in [4.78, 5) is 25.2. The third-order valence-corrected chi connectivity index (χ3v) is 4.03. The number of ether oxygens (including phenoxy) is 1. The summed E-state index contributed by atoms with van der Waals surface area (Å²) in [6.45, 7) is 0.0326. The van der Waals surface area contributed by atoms with Crippen molar-refractivity contribution in [1.82, 2.24) is 4.90 Å². The van der Waals surface area contributed by atoms with Crippen LogP contribution in [0.3, 0.4) is 0 Å². The summed E-state index contributed by atoms with van der Waals surface area (Å²) in [7, 11) is 0. The molecular formula is C19H19FN2O3. The molecule has 0 bridgehead atoms. The molecule has 130 valence electrons. The SMILES string of the molecule is NC(=O)COc1ccc(C(=O)N(Cc2ccccc2F)C2CC2)cc1. The van der Waals surface area contributed by atoms with Gasteiger partial charge in [0, 0.05) is 23.7 Å². The molecule has 1 aliphatic rings. The maximum atomic E-state index is 13.9. The van der Waals surface area contributed by atoms with Crippen LogP contribution in [-0.4, -0.2) is 29.4 Å². The van der Waals surface area contributed by atoms with Crippen LogP contribution in [0, 0.1) is 5.82 Å². The van der Waals surface area contributed by atoms with Gasteiger partial charge in [-0.1, -0.05) is 18.2 Å². The first-order valence-corrected chi connectivity index (χ1v) is 8.10. The van der Waals surface area contributed by atoms with Gasteiger partial charge >= 0.3 is 0 Å². The van der Waals surface area contributed by atoms with Crippen LogP contribution in [-0.2, 0) is 11.3 Å². The van der Waals surface area contributed by atoms with E-state index in [0.29, 0.717) is 16.9 Å². The summed E-state index contributed by atoms with van der Waals surface area (Å²) in [5.74, 6) is -0.560. The van der Waals surface area contributed by atoms with Crippen LogP contribution in [0.5, 0.6) is 5.75 Å². The molecule has 0 atom stereocenters. The van der Waals surface area contributed by atoms with Gasteiger partial charge in [0.1, 0.15) is 11.6 Å². The third kappa shape index (κ3) is 4.35. The van der Waals surface area contributed by atoms with E-state index in [2.05, 4.69) is 0 Å². The average Bonchev–Trinajstić information content (AvgIpc) is 3.44. The minimum atomic E-state index is -0.565. The molecule has 0 heterocycles. The molecule has 2 amide bonds. The molecule has 5 nitrogen and oxygen atoms in total. The van der Waals surface area contributed by atoms with E-state index in [4.69, 9.17) is 10.5 Å². The first-order valence-electron chi connectivity index (χ1n) is 8.10. The Morgan fingerprint density at radius 2 is 1.80 bits per heavy atom. The van der Waals surface area contributed by atoms with Crippen LogP contribution >= 0.6 is 0 Å². The number of carbonyl (C=O) groups is 2. The van der Waals surface area contributed by atoms with Gasteiger partial charge in [0.05, 0.1) is 0 Å². The van der Waals surface area contributed by atoms with Gasteiger partial charge in [-0.15, -0.1) is 0 Å². The quantitative estimate of drug-likeness (QED) is 0.840. The zero-order valence-electron chi connectivity index (χ0n) is 13.7. The normalized spacial score (nSPS) is 13.3. The van der Waals surface area contributed by atoms with Crippen LogP contribution in [0.15, 0.2) is 48.5 Å². The van der Waals surface area contributed by atoms with E-state index in [1.165, 1.54) is 6.07 Å². The Bertz CT molecular complexity index is 772. The fourth-order valence-electron chi connectivity index (χ4n) is 2.58.